The highest BCUT2D eigenvalue weighted by atomic mass is 32.1. The van der Waals surface area contributed by atoms with E-state index in [9.17, 15) is 4.79 Å². The molecule has 0 aliphatic carbocycles. The molecule has 3 aromatic rings. The summed E-state index contributed by atoms with van der Waals surface area (Å²) in [6, 6.07) is 5.60. The first-order valence-corrected chi connectivity index (χ1v) is 8.05. The van der Waals surface area contributed by atoms with Gasteiger partial charge in [0.2, 0.25) is 4.96 Å². The first kappa shape index (κ1) is 15.5. The van der Waals surface area contributed by atoms with Crippen LogP contribution in [0, 0.1) is 5.92 Å². The van der Waals surface area contributed by atoms with Gasteiger partial charge in [-0.15, -0.1) is 0 Å². The smallest absolute Gasteiger partial charge is 0.291 e. The Kier molecular flexibility index (Phi) is 4.29. The first-order chi connectivity index (χ1) is 11.1. The summed E-state index contributed by atoms with van der Waals surface area (Å²) in [6.45, 7) is 4.80. The molecule has 120 valence electrons. The minimum atomic E-state index is -0.165. The highest BCUT2D eigenvalue weighted by Gasteiger charge is 2.08. The molecular formula is C16H17N3O3S. The van der Waals surface area contributed by atoms with Crippen LogP contribution in [0.1, 0.15) is 19.4 Å². The largest absolute Gasteiger partial charge is 0.493 e. The fourth-order valence-corrected chi connectivity index (χ4v) is 2.96. The summed E-state index contributed by atoms with van der Waals surface area (Å²) in [5.74, 6) is 1.78. The summed E-state index contributed by atoms with van der Waals surface area (Å²) >= 11 is 1.31. The van der Waals surface area contributed by atoms with Crippen LogP contribution in [0.15, 0.2) is 29.3 Å². The summed E-state index contributed by atoms with van der Waals surface area (Å²) in [7, 11) is 1.60. The molecule has 2 aromatic heterocycles. The molecule has 0 atom stereocenters. The molecule has 2 heterocycles. The number of rotatable bonds is 5. The van der Waals surface area contributed by atoms with Gasteiger partial charge >= 0.3 is 0 Å². The third-order valence-corrected chi connectivity index (χ3v) is 4.15. The third-order valence-electron chi connectivity index (χ3n) is 3.18. The predicted molar refractivity (Wildman–Crippen MR) is 89.2 cm³/mol. The summed E-state index contributed by atoms with van der Waals surface area (Å²) in [4.78, 5) is 16.8. The van der Waals surface area contributed by atoms with E-state index in [0.717, 1.165) is 5.56 Å². The Balaban J connectivity index is 1.97. The minimum Gasteiger partial charge on any atom is -0.493 e. The van der Waals surface area contributed by atoms with Crippen molar-refractivity contribution in [3.63, 3.8) is 0 Å². The highest BCUT2D eigenvalue weighted by molar-refractivity contribution is 7.15. The van der Waals surface area contributed by atoms with Crippen LogP contribution in [-0.4, -0.2) is 28.3 Å². The second kappa shape index (κ2) is 6.37. The van der Waals surface area contributed by atoms with Gasteiger partial charge in [-0.2, -0.15) is 9.61 Å². The fourth-order valence-electron chi connectivity index (χ4n) is 2.08. The topological polar surface area (TPSA) is 65.7 Å². The lowest BCUT2D eigenvalue weighted by Crippen LogP contribution is -2.23. The number of aromatic nitrogens is 3. The van der Waals surface area contributed by atoms with Crippen LogP contribution in [0.25, 0.3) is 11.0 Å². The van der Waals surface area contributed by atoms with Crippen LogP contribution in [0.4, 0.5) is 0 Å². The van der Waals surface area contributed by atoms with Gasteiger partial charge in [-0.25, -0.2) is 4.98 Å². The van der Waals surface area contributed by atoms with Crippen molar-refractivity contribution in [3.05, 3.63) is 45.0 Å². The average Bonchev–Trinajstić information content (AvgIpc) is 3.10. The van der Waals surface area contributed by atoms with Crippen molar-refractivity contribution in [1.82, 2.24) is 14.6 Å². The lowest BCUT2D eigenvalue weighted by atomic mass is 10.2. The minimum absolute atomic E-state index is 0.165. The number of nitrogens with zero attached hydrogens (tertiary/aromatic N) is 3. The number of hydrogen-bond acceptors (Lipinski definition) is 6. The van der Waals surface area contributed by atoms with E-state index in [1.807, 2.05) is 18.2 Å². The molecule has 0 bridgehead atoms. The van der Waals surface area contributed by atoms with E-state index >= 15 is 0 Å². The van der Waals surface area contributed by atoms with Gasteiger partial charge in [-0.1, -0.05) is 31.3 Å². The van der Waals surface area contributed by atoms with Gasteiger partial charge in [0.05, 0.1) is 18.2 Å². The Labute approximate surface area is 137 Å². The van der Waals surface area contributed by atoms with Crippen LogP contribution in [0.2, 0.25) is 0 Å². The number of ether oxygens (including phenoxy) is 2. The van der Waals surface area contributed by atoms with Crippen LogP contribution in [0.5, 0.6) is 11.5 Å². The number of benzene rings is 1. The molecule has 0 radical (unpaired) electrons. The monoisotopic (exact) mass is 331 g/mol. The van der Waals surface area contributed by atoms with E-state index in [1.54, 1.807) is 13.2 Å². The fraction of sp³-hybridized carbons (Fsp3) is 0.312. The van der Waals surface area contributed by atoms with Crippen molar-refractivity contribution >= 4 is 22.4 Å². The highest BCUT2D eigenvalue weighted by Crippen LogP contribution is 2.28. The molecule has 0 aliphatic heterocycles. The van der Waals surface area contributed by atoms with E-state index in [2.05, 4.69) is 23.9 Å². The van der Waals surface area contributed by atoms with E-state index in [0.29, 0.717) is 33.5 Å². The second-order valence-electron chi connectivity index (χ2n) is 5.49. The molecule has 6 nitrogen and oxygen atoms in total. The zero-order valence-electron chi connectivity index (χ0n) is 13.1. The normalized spacial score (nSPS) is 12.3. The number of hydrogen-bond donors (Lipinski definition) is 0. The van der Waals surface area contributed by atoms with Crippen LogP contribution in [0.3, 0.4) is 0 Å². The van der Waals surface area contributed by atoms with E-state index in [1.165, 1.54) is 22.2 Å². The van der Waals surface area contributed by atoms with E-state index in [4.69, 9.17) is 9.47 Å². The number of methoxy groups -OCH3 is 1. The zero-order chi connectivity index (χ0) is 16.4. The van der Waals surface area contributed by atoms with E-state index in [-0.39, 0.29) is 5.56 Å². The molecule has 0 saturated carbocycles. The van der Waals surface area contributed by atoms with E-state index < -0.39 is 0 Å². The molecule has 1 aromatic carbocycles. The van der Waals surface area contributed by atoms with Crippen molar-refractivity contribution in [2.45, 2.75) is 13.8 Å². The molecule has 0 aliphatic rings. The van der Waals surface area contributed by atoms with Gasteiger partial charge in [0, 0.05) is 0 Å². The van der Waals surface area contributed by atoms with Gasteiger partial charge in [0.15, 0.2) is 11.5 Å². The molecular weight excluding hydrogens is 314 g/mol. The summed E-state index contributed by atoms with van der Waals surface area (Å²) in [5, 5.41) is 3.91. The Morgan fingerprint density at radius 1 is 1.35 bits per heavy atom. The van der Waals surface area contributed by atoms with Crippen molar-refractivity contribution in [1.29, 1.82) is 0 Å². The standard InChI is InChI=1S/C16H17N3O3S/c1-10(2)8-22-12-5-4-11(6-13(12)21-3)7-14-15(20)19-16(23-14)17-9-18-19/h4-7,9-10H,8H2,1-3H3. The summed E-state index contributed by atoms with van der Waals surface area (Å²) in [5.41, 5.74) is 0.696. The number of fused-ring (bicyclic) bond motifs is 1. The zero-order valence-corrected chi connectivity index (χ0v) is 14.0. The maximum absolute atomic E-state index is 12.2. The molecule has 0 fully saturated rings. The molecule has 0 amide bonds. The molecule has 7 heteroatoms. The van der Waals surface area contributed by atoms with Crippen molar-refractivity contribution < 1.29 is 9.47 Å². The van der Waals surface area contributed by atoms with Gasteiger partial charge in [0.1, 0.15) is 6.33 Å². The Bertz CT molecular complexity index is 930. The Hall–Kier alpha value is -2.41. The molecule has 0 spiro atoms. The summed E-state index contributed by atoms with van der Waals surface area (Å²) in [6.07, 6.45) is 3.18. The molecule has 0 saturated heterocycles. The molecule has 0 unspecified atom stereocenters. The predicted octanol–water partition coefficient (Wildman–Crippen LogP) is 1.74. The third kappa shape index (κ3) is 3.19. The SMILES string of the molecule is COc1cc(C=c2sc3ncnn3c2=O)ccc1OCC(C)C. The quantitative estimate of drug-likeness (QED) is 0.712. The first-order valence-electron chi connectivity index (χ1n) is 7.23. The average molecular weight is 331 g/mol. The van der Waals surface area contributed by atoms with Gasteiger partial charge in [-0.3, -0.25) is 4.79 Å². The van der Waals surface area contributed by atoms with Crippen LogP contribution >= 0.6 is 11.3 Å². The van der Waals surface area contributed by atoms with Crippen LogP contribution in [-0.2, 0) is 0 Å². The Morgan fingerprint density at radius 2 is 2.17 bits per heavy atom. The molecule has 0 N–H and O–H groups in total. The van der Waals surface area contributed by atoms with Crippen molar-refractivity contribution in [3.8, 4) is 11.5 Å². The van der Waals surface area contributed by atoms with Gasteiger partial charge < -0.3 is 9.47 Å². The lowest BCUT2D eigenvalue weighted by molar-refractivity contribution is 0.257. The number of thiazole rings is 1. The Morgan fingerprint density at radius 3 is 2.87 bits per heavy atom. The van der Waals surface area contributed by atoms with Crippen molar-refractivity contribution in [2.75, 3.05) is 13.7 Å². The lowest BCUT2D eigenvalue weighted by Gasteiger charge is -2.12. The maximum Gasteiger partial charge on any atom is 0.291 e. The van der Waals surface area contributed by atoms with Crippen molar-refractivity contribution in [2.24, 2.45) is 5.92 Å². The molecule has 23 heavy (non-hydrogen) atoms. The second-order valence-corrected chi connectivity index (χ2v) is 6.49. The summed E-state index contributed by atoms with van der Waals surface area (Å²) < 4.78 is 13.0. The van der Waals surface area contributed by atoms with Crippen LogP contribution < -0.4 is 19.6 Å². The van der Waals surface area contributed by atoms with Gasteiger partial charge in [0.25, 0.3) is 5.56 Å². The maximum atomic E-state index is 12.2. The molecule has 3 rings (SSSR count). The van der Waals surface area contributed by atoms with Gasteiger partial charge in [-0.05, 0) is 29.7 Å².